The molecule has 1 atom stereocenters. The van der Waals surface area contributed by atoms with Gasteiger partial charge >= 0.3 is 5.97 Å². The zero-order valence-electron chi connectivity index (χ0n) is 13.1. The van der Waals surface area contributed by atoms with Crippen molar-refractivity contribution in [3.8, 4) is 0 Å². The average Bonchev–Trinajstić information content (AvgIpc) is 2.43. The lowest BCUT2D eigenvalue weighted by Gasteiger charge is -2.27. The van der Waals surface area contributed by atoms with Crippen LogP contribution in [-0.4, -0.2) is 42.0 Å². The number of benzene rings is 1. The Morgan fingerprint density at radius 3 is 2.36 bits per heavy atom. The van der Waals surface area contributed by atoms with Crippen molar-refractivity contribution in [1.82, 2.24) is 0 Å². The fraction of sp³-hybridized carbons (Fsp3) is 0.562. The topological polar surface area (TPSA) is 66.6 Å². The van der Waals surface area contributed by atoms with Gasteiger partial charge in [-0.2, -0.15) is 0 Å². The molecule has 0 spiro atoms. The van der Waals surface area contributed by atoms with Crippen molar-refractivity contribution < 1.29 is 9.90 Å². The van der Waals surface area contributed by atoms with E-state index in [4.69, 9.17) is 34.0 Å². The Hall–Kier alpha value is -0.970. The van der Waals surface area contributed by atoms with Crippen LogP contribution in [-0.2, 0) is 11.2 Å². The molecule has 0 saturated heterocycles. The van der Waals surface area contributed by atoms with E-state index in [1.165, 1.54) is 0 Å². The summed E-state index contributed by atoms with van der Waals surface area (Å²) in [5.74, 6) is 0.181. The van der Waals surface area contributed by atoms with E-state index in [0.717, 1.165) is 35.5 Å². The highest BCUT2D eigenvalue weighted by molar-refractivity contribution is 6.18. The first-order valence-corrected chi connectivity index (χ1v) is 8.40. The molecule has 0 aliphatic rings. The molecule has 0 radical (unpaired) electrons. The Labute approximate surface area is 142 Å². The van der Waals surface area contributed by atoms with Gasteiger partial charge in [-0.3, -0.25) is 4.79 Å². The van der Waals surface area contributed by atoms with E-state index in [9.17, 15) is 4.79 Å². The molecule has 0 aromatic heterocycles. The SMILES string of the molecule is Cc1ccc(N(CCCl)CCCl)c(C)c1CC(N)CC(=O)O. The third-order valence-electron chi connectivity index (χ3n) is 3.76. The van der Waals surface area contributed by atoms with Crippen LogP contribution in [0.1, 0.15) is 23.1 Å². The van der Waals surface area contributed by atoms with Crippen LogP contribution >= 0.6 is 23.2 Å². The zero-order chi connectivity index (χ0) is 16.7. The number of hydrogen-bond acceptors (Lipinski definition) is 3. The van der Waals surface area contributed by atoms with Gasteiger partial charge in [0.25, 0.3) is 0 Å². The normalized spacial score (nSPS) is 12.2. The molecule has 0 bridgehead atoms. The first-order valence-electron chi connectivity index (χ1n) is 7.34. The van der Waals surface area contributed by atoms with Crippen molar-refractivity contribution in [3.63, 3.8) is 0 Å². The van der Waals surface area contributed by atoms with Crippen molar-refractivity contribution in [2.75, 3.05) is 29.7 Å². The molecule has 1 aromatic rings. The fourth-order valence-electron chi connectivity index (χ4n) is 2.65. The van der Waals surface area contributed by atoms with Crippen LogP contribution in [0.2, 0.25) is 0 Å². The highest BCUT2D eigenvalue weighted by Crippen LogP contribution is 2.27. The molecule has 0 amide bonds. The maximum Gasteiger partial charge on any atom is 0.304 e. The van der Waals surface area contributed by atoms with Gasteiger partial charge in [0.1, 0.15) is 0 Å². The number of carbonyl (C=O) groups is 1. The highest BCUT2D eigenvalue weighted by Gasteiger charge is 2.16. The van der Waals surface area contributed by atoms with Gasteiger partial charge < -0.3 is 15.7 Å². The third-order valence-corrected chi connectivity index (χ3v) is 4.09. The second-order valence-corrected chi connectivity index (χ2v) is 6.19. The molecule has 1 aromatic carbocycles. The largest absolute Gasteiger partial charge is 0.481 e. The van der Waals surface area contributed by atoms with Crippen LogP contribution in [0.4, 0.5) is 5.69 Å². The van der Waals surface area contributed by atoms with Gasteiger partial charge in [0, 0.05) is 36.6 Å². The first-order chi connectivity index (χ1) is 10.4. The Bertz CT molecular complexity index is 503. The van der Waals surface area contributed by atoms with E-state index in [2.05, 4.69) is 11.0 Å². The second-order valence-electron chi connectivity index (χ2n) is 5.43. The Balaban J connectivity index is 3.07. The van der Waals surface area contributed by atoms with E-state index < -0.39 is 5.97 Å². The van der Waals surface area contributed by atoms with Gasteiger partial charge in [-0.15, -0.1) is 23.2 Å². The van der Waals surface area contributed by atoms with E-state index in [1.54, 1.807) is 0 Å². The maximum absolute atomic E-state index is 10.8. The quantitative estimate of drug-likeness (QED) is 0.674. The van der Waals surface area contributed by atoms with Gasteiger partial charge in [0.15, 0.2) is 0 Å². The number of anilines is 1. The summed E-state index contributed by atoms with van der Waals surface area (Å²) in [4.78, 5) is 13.0. The van der Waals surface area contributed by atoms with Crippen LogP contribution < -0.4 is 10.6 Å². The lowest BCUT2D eigenvalue weighted by atomic mass is 9.94. The molecule has 124 valence electrons. The van der Waals surface area contributed by atoms with Gasteiger partial charge in [0.05, 0.1) is 6.42 Å². The molecule has 0 fully saturated rings. The van der Waals surface area contributed by atoms with E-state index in [0.29, 0.717) is 18.2 Å². The molecule has 6 heteroatoms. The lowest BCUT2D eigenvalue weighted by molar-refractivity contribution is -0.137. The van der Waals surface area contributed by atoms with Crippen molar-refractivity contribution in [1.29, 1.82) is 0 Å². The lowest BCUT2D eigenvalue weighted by Crippen LogP contribution is -2.30. The van der Waals surface area contributed by atoms with E-state index in [1.807, 2.05) is 19.9 Å². The first kappa shape index (κ1) is 19.1. The minimum Gasteiger partial charge on any atom is -0.481 e. The predicted octanol–water partition coefficient (Wildman–Crippen LogP) is 2.93. The van der Waals surface area contributed by atoms with Crippen LogP contribution in [0.3, 0.4) is 0 Å². The zero-order valence-corrected chi connectivity index (χ0v) is 14.6. The summed E-state index contributed by atoms with van der Waals surface area (Å²) in [5, 5.41) is 8.87. The second kappa shape index (κ2) is 9.23. The van der Waals surface area contributed by atoms with Crippen molar-refractivity contribution >= 4 is 34.9 Å². The number of alkyl halides is 2. The molecule has 1 rings (SSSR count). The van der Waals surface area contributed by atoms with Gasteiger partial charge in [-0.1, -0.05) is 6.07 Å². The summed E-state index contributed by atoms with van der Waals surface area (Å²) in [7, 11) is 0. The average molecular weight is 347 g/mol. The summed E-state index contributed by atoms with van der Waals surface area (Å²) in [5.41, 5.74) is 10.4. The number of hydrogen-bond donors (Lipinski definition) is 2. The minimum absolute atomic E-state index is 0.0316. The van der Waals surface area contributed by atoms with Crippen molar-refractivity contribution in [3.05, 3.63) is 28.8 Å². The van der Waals surface area contributed by atoms with Gasteiger partial charge in [0.2, 0.25) is 0 Å². The smallest absolute Gasteiger partial charge is 0.304 e. The van der Waals surface area contributed by atoms with Crippen LogP contribution in [0.25, 0.3) is 0 Å². The number of carboxylic acid groups (broad SMARTS) is 1. The number of rotatable bonds is 9. The Morgan fingerprint density at radius 2 is 1.86 bits per heavy atom. The molecule has 0 aliphatic heterocycles. The Kier molecular flexibility index (Phi) is 8.01. The number of halogens is 2. The third kappa shape index (κ3) is 5.34. The fourth-order valence-corrected chi connectivity index (χ4v) is 3.06. The summed E-state index contributed by atoms with van der Waals surface area (Å²) in [6, 6.07) is 3.72. The van der Waals surface area contributed by atoms with E-state index >= 15 is 0 Å². The summed E-state index contributed by atoms with van der Waals surface area (Å²) < 4.78 is 0. The molecular weight excluding hydrogens is 323 g/mol. The minimum atomic E-state index is -0.870. The van der Waals surface area contributed by atoms with Gasteiger partial charge in [-0.25, -0.2) is 0 Å². The summed E-state index contributed by atoms with van der Waals surface area (Å²) in [6.07, 6.45) is 0.517. The molecule has 4 nitrogen and oxygen atoms in total. The number of nitrogens with two attached hydrogens (primary N) is 1. The maximum atomic E-state index is 10.8. The van der Waals surface area contributed by atoms with Crippen molar-refractivity contribution in [2.45, 2.75) is 32.7 Å². The van der Waals surface area contributed by atoms with Crippen LogP contribution in [0.15, 0.2) is 12.1 Å². The molecular formula is C16H24Cl2N2O2. The molecule has 1 unspecified atom stereocenters. The standard InChI is InChI=1S/C16H24Cl2N2O2/c1-11-3-4-15(20(7-5-17)8-6-18)12(2)14(11)9-13(19)10-16(21)22/h3-4,13H,5-10,19H2,1-2H3,(H,21,22). The molecule has 3 N–H and O–H groups in total. The van der Waals surface area contributed by atoms with Gasteiger partial charge in [-0.05, 0) is 43.0 Å². The number of aliphatic carboxylic acids is 1. The Morgan fingerprint density at radius 1 is 1.27 bits per heavy atom. The summed E-state index contributed by atoms with van der Waals surface area (Å²) in [6.45, 7) is 5.51. The number of nitrogens with zero attached hydrogens (tertiary/aromatic N) is 1. The predicted molar refractivity (Wildman–Crippen MR) is 93.5 cm³/mol. The molecule has 0 aliphatic carbocycles. The number of carboxylic acids is 1. The van der Waals surface area contributed by atoms with Crippen LogP contribution in [0.5, 0.6) is 0 Å². The molecule has 22 heavy (non-hydrogen) atoms. The van der Waals surface area contributed by atoms with E-state index in [-0.39, 0.29) is 12.5 Å². The highest BCUT2D eigenvalue weighted by atomic mass is 35.5. The molecule has 0 heterocycles. The van der Waals surface area contributed by atoms with Crippen LogP contribution in [0, 0.1) is 13.8 Å². The number of aryl methyl sites for hydroxylation is 1. The molecule has 0 saturated carbocycles. The van der Waals surface area contributed by atoms with Crippen molar-refractivity contribution in [2.24, 2.45) is 5.73 Å². The monoisotopic (exact) mass is 346 g/mol. The summed E-state index contributed by atoms with van der Waals surface area (Å²) >= 11 is 11.8.